The normalized spacial score (nSPS) is 12.2. The number of hydrogen-bond donors (Lipinski definition) is 1. The second-order valence-corrected chi connectivity index (χ2v) is 6.14. The number of aromatic amines is 1. The largest absolute Gasteiger partial charge is 0.296 e. The van der Waals surface area contributed by atoms with Crippen LogP contribution in [0.2, 0.25) is 0 Å². The molecule has 0 unspecified atom stereocenters. The highest BCUT2D eigenvalue weighted by Crippen LogP contribution is 2.24. The van der Waals surface area contributed by atoms with E-state index < -0.39 is 9.05 Å². The molecule has 0 bridgehead atoms. The van der Waals surface area contributed by atoms with Gasteiger partial charge < -0.3 is 0 Å². The Kier molecular flexibility index (Phi) is 2.92. The van der Waals surface area contributed by atoms with Crippen LogP contribution in [0.3, 0.4) is 0 Å². The fourth-order valence-corrected chi connectivity index (χ4v) is 2.46. The average molecular weight is 276 g/mol. The number of rotatable bonds is 3. The molecule has 0 aromatic carbocycles. The Morgan fingerprint density at radius 3 is 2.59 bits per heavy atom. The van der Waals surface area contributed by atoms with Crippen LogP contribution in [0.25, 0.3) is 11.5 Å². The van der Waals surface area contributed by atoms with Gasteiger partial charge in [0.15, 0.2) is 5.82 Å². The van der Waals surface area contributed by atoms with E-state index in [1.807, 2.05) is 13.8 Å². The van der Waals surface area contributed by atoms with Gasteiger partial charge in [0.1, 0.15) is 5.69 Å². The van der Waals surface area contributed by atoms with Crippen molar-refractivity contribution < 1.29 is 8.42 Å². The Morgan fingerprint density at radius 1 is 1.41 bits per heavy atom. The summed E-state index contributed by atoms with van der Waals surface area (Å²) in [6.45, 7) is 3.63. The third-order valence-electron chi connectivity index (χ3n) is 2.14. The predicted molar refractivity (Wildman–Crippen MR) is 61.0 cm³/mol. The quantitative estimate of drug-likeness (QED) is 0.849. The molecular formula is C8H10ClN5O2S. The second-order valence-electron chi connectivity index (χ2n) is 3.68. The summed E-state index contributed by atoms with van der Waals surface area (Å²) in [5, 5.41) is 13.7. The lowest BCUT2D eigenvalue weighted by molar-refractivity contribution is 0.530. The van der Waals surface area contributed by atoms with E-state index in [2.05, 4.69) is 20.4 Å². The van der Waals surface area contributed by atoms with Crippen molar-refractivity contribution in [3.8, 4) is 11.5 Å². The van der Waals surface area contributed by atoms with Crippen LogP contribution in [0.4, 0.5) is 0 Å². The first-order chi connectivity index (χ1) is 7.91. The van der Waals surface area contributed by atoms with Crippen LogP contribution in [0, 0.1) is 0 Å². The van der Waals surface area contributed by atoms with Gasteiger partial charge in [-0.25, -0.2) is 8.42 Å². The fraction of sp³-hybridized carbons (Fsp3) is 0.375. The van der Waals surface area contributed by atoms with Gasteiger partial charge in [0.25, 0.3) is 14.2 Å². The summed E-state index contributed by atoms with van der Waals surface area (Å²) < 4.78 is 24.2. The number of halogens is 1. The van der Waals surface area contributed by atoms with Crippen molar-refractivity contribution in [3.05, 3.63) is 12.3 Å². The minimum Gasteiger partial charge on any atom is -0.293 e. The summed E-state index contributed by atoms with van der Waals surface area (Å²) >= 11 is 0. The SMILES string of the molecule is CC(C)n1c(-c2ccn[nH]2)nnc1S(=O)(=O)Cl. The molecular weight excluding hydrogens is 266 g/mol. The van der Waals surface area contributed by atoms with Crippen molar-refractivity contribution in [2.45, 2.75) is 25.0 Å². The summed E-state index contributed by atoms with van der Waals surface area (Å²) in [6.07, 6.45) is 1.55. The minimum atomic E-state index is -3.92. The lowest BCUT2D eigenvalue weighted by atomic mass is 10.3. The van der Waals surface area contributed by atoms with E-state index in [4.69, 9.17) is 10.7 Å². The monoisotopic (exact) mass is 275 g/mol. The molecule has 0 aliphatic carbocycles. The van der Waals surface area contributed by atoms with Crippen molar-refractivity contribution >= 4 is 19.7 Å². The average Bonchev–Trinajstić information content (AvgIpc) is 2.84. The highest BCUT2D eigenvalue weighted by molar-refractivity contribution is 8.13. The number of nitrogens with zero attached hydrogens (tertiary/aromatic N) is 4. The van der Waals surface area contributed by atoms with Gasteiger partial charge in [-0.1, -0.05) is 0 Å². The minimum absolute atomic E-state index is 0.146. The Morgan fingerprint density at radius 2 is 2.12 bits per heavy atom. The van der Waals surface area contributed by atoms with Gasteiger partial charge in [-0.2, -0.15) is 5.10 Å². The molecule has 1 N–H and O–H groups in total. The van der Waals surface area contributed by atoms with Crippen LogP contribution in [-0.2, 0) is 9.05 Å². The van der Waals surface area contributed by atoms with Gasteiger partial charge in [-0.15, -0.1) is 10.2 Å². The van der Waals surface area contributed by atoms with Crippen molar-refractivity contribution in [1.29, 1.82) is 0 Å². The fourth-order valence-electron chi connectivity index (χ4n) is 1.47. The third-order valence-corrected chi connectivity index (χ3v) is 3.27. The molecule has 92 valence electrons. The van der Waals surface area contributed by atoms with E-state index >= 15 is 0 Å². The molecule has 0 aliphatic heterocycles. The summed E-state index contributed by atoms with van der Waals surface area (Å²) in [4.78, 5) is 0. The lowest BCUT2D eigenvalue weighted by Crippen LogP contribution is -2.10. The van der Waals surface area contributed by atoms with Gasteiger partial charge in [-0.05, 0) is 19.9 Å². The van der Waals surface area contributed by atoms with Gasteiger partial charge in [-0.3, -0.25) is 9.67 Å². The summed E-state index contributed by atoms with van der Waals surface area (Å²) in [5.41, 5.74) is 0.581. The van der Waals surface area contributed by atoms with Crippen molar-refractivity contribution in [3.63, 3.8) is 0 Å². The Balaban J connectivity index is 2.68. The van der Waals surface area contributed by atoms with Crippen LogP contribution >= 0.6 is 10.7 Å². The molecule has 0 spiro atoms. The Hall–Kier alpha value is -1.41. The standard InChI is InChI=1S/C8H10ClN5O2S/c1-5(2)14-7(6-3-4-10-11-6)12-13-8(14)17(9,15)16/h3-5H,1-2H3,(H,10,11). The molecule has 2 aromatic rings. The zero-order chi connectivity index (χ0) is 12.6. The van der Waals surface area contributed by atoms with Crippen molar-refractivity contribution in [2.75, 3.05) is 0 Å². The van der Waals surface area contributed by atoms with Gasteiger partial charge in [0, 0.05) is 22.9 Å². The molecule has 2 aromatic heterocycles. The molecule has 17 heavy (non-hydrogen) atoms. The maximum Gasteiger partial charge on any atom is 0.296 e. The van der Waals surface area contributed by atoms with Gasteiger partial charge in [0.05, 0.1) is 0 Å². The molecule has 0 atom stereocenters. The highest BCUT2D eigenvalue weighted by atomic mass is 35.7. The van der Waals surface area contributed by atoms with Gasteiger partial charge >= 0.3 is 0 Å². The van der Waals surface area contributed by atoms with Crippen LogP contribution in [0.15, 0.2) is 17.4 Å². The third kappa shape index (κ3) is 2.18. The summed E-state index contributed by atoms with van der Waals surface area (Å²) in [5.74, 6) is 0.386. The first-order valence-corrected chi connectivity index (χ1v) is 7.11. The van der Waals surface area contributed by atoms with Crippen LogP contribution < -0.4 is 0 Å². The van der Waals surface area contributed by atoms with E-state index in [1.165, 1.54) is 4.57 Å². The van der Waals surface area contributed by atoms with E-state index in [1.54, 1.807) is 12.3 Å². The smallest absolute Gasteiger partial charge is 0.293 e. The molecule has 2 heterocycles. The zero-order valence-electron chi connectivity index (χ0n) is 9.12. The summed E-state index contributed by atoms with van der Waals surface area (Å²) in [6, 6.07) is 1.53. The predicted octanol–water partition coefficient (Wildman–Crippen LogP) is 1.18. The maximum absolute atomic E-state index is 11.4. The van der Waals surface area contributed by atoms with E-state index in [-0.39, 0.29) is 11.2 Å². The molecule has 7 nitrogen and oxygen atoms in total. The number of nitrogens with one attached hydrogen (secondary N) is 1. The van der Waals surface area contributed by atoms with Crippen LogP contribution in [0.1, 0.15) is 19.9 Å². The first kappa shape index (κ1) is 12.1. The van der Waals surface area contributed by atoms with Gasteiger partial charge in [0.2, 0.25) is 0 Å². The summed E-state index contributed by atoms with van der Waals surface area (Å²) in [7, 11) is 1.38. The van der Waals surface area contributed by atoms with E-state index in [9.17, 15) is 8.42 Å². The molecule has 0 radical (unpaired) electrons. The number of hydrogen-bond acceptors (Lipinski definition) is 5. The zero-order valence-corrected chi connectivity index (χ0v) is 10.7. The molecule has 0 saturated carbocycles. The van der Waals surface area contributed by atoms with E-state index in [0.717, 1.165) is 0 Å². The van der Waals surface area contributed by atoms with E-state index in [0.29, 0.717) is 11.5 Å². The second kappa shape index (κ2) is 4.11. The Labute approximate surface area is 102 Å². The first-order valence-electron chi connectivity index (χ1n) is 4.80. The maximum atomic E-state index is 11.4. The van der Waals surface area contributed by atoms with Crippen molar-refractivity contribution in [1.82, 2.24) is 25.0 Å². The van der Waals surface area contributed by atoms with Crippen LogP contribution in [-0.4, -0.2) is 33.4 Å². The van der Waals surface area contributed by atoms with Crippen molar-refractivity contribution in [2.24, 2.45) is 0 Å². The Bertz CT molecular complexity index is 616. The molecule has 2 rings (SSSR count). The highest BCUT2D eigenvalue weighted by Gasteiger charge is 2.25. The lowest BCUT2D eigenvalue weighted by Gasteiger charge is -2.11. The van der Waals surface area contributed by atoms with Crippen LogP contribution in [0.5, 0.6) is 0 Å². The molecule has 0 aliphatic rings. The molecule has 9 heteroatoms. The molecule has 0 fully saturated rings. The molecule has 0 amide bonds. The number of aromatic nitrogens is 5. The molecule has 0 saturated heterocycles. The topological polar surface area (TPSA) is 93.5 Å². The number of H-pyrrole nitrogens is 1.